The molecule has 0 fully saturated rings. The van der Waals surface area contributed by atoms with Crippen molar-refractivity contribution in [3.63, 3.8) is 0 Å². The van der Waals surface area contributed by atoms with Crippen LogP contribution in [-0.4, -0.2) is 30.6 Å². The van der Waals surface area contributed by atoms with Gasteiger partial charge in [-0.1, -0.05) is 30.3 Å². The number of ether oxygens (including phenoxy) is 1. The molecule has 0 saturated carbocycles. The second-order valence-electron chi connectivity index (χ2n) is 9.78. The van der Waals surface area contributed by atoms with E-state index in [2.05, 4.69) is 15.0 Å². The zero-order valence-electron chi connectivity index (χ0n) is 22.4. The first-order chi connectivity index (χ1) is 20.3. The van der Waals surface area contributed by atoms with E-state index in [0.29, 0.717) is 45.1 Å². The summed E-state index contributed by atoms with van der Waals surface area (Å²) in [5, 5.41) is 9.47. The largest absolute Gasteiger partial charge is 0.478 e. The lowest BCUT2D eigenvalue weighted by atomic mass is 10.1. The summed E-state index contributed by atoms with van der Waals surface area (Å²) >= 11 is 0. The first kappa shape index (κ1) is 26.8. The fourth-order valence-electron chi connectivity index (χ4n) is 4.68. The van der Waals surface area contributed by atoms with Crippen molar-refractivity contribution < 1.29 is 27.8 Å². The van der Waals surface area contributed by atoms with Gasteiger partial charge >= 0.3 is 5.97 Å². The summed E-state index contributed by atoms with van der Waals surface area (Å²) in [5.74, 6) is -0.643. The number of benzene rings is 3. The number of nitrogens with zero attached hydrogens (tertiary/aromatic N) is 4. The molecule has 0 spiro atoms. The maximum Gasteiger partial charge on any atom is 0.335 e. The van der Waals surface area contributed by atoms with Crippen molar-refractivity contribution in [3.8, 4) is 17.1 Å². The molecule has 0 saturated heterocycles. The number of hydrogen-bond acceptors (Lipinski definition) is 6. The molecule has 0 aliphatic carbocycles. The van der Waals surface area contributed by atoms with Gasteiger partial charge in [0.1, 0.15) is 36.9 Å². The van der Waals surface area contributed by atoms with E-state index < -0.39 is 11.8 Å². The van der Waals surface area contributed by atoms with Crippen LogP contribution in [0.2, 0.25) is 0 Å². The fraction of sp³-hybridized carbons (Fsp3) is 0.125. The molecule has 10 heteroatoms. The Hall–Kier alpha value is -5.38. The van der Waals surface area contributed by atoms with Gasteiger partial charge in [0.25, 0.3) is 0 Å². The van der Waals surface area contributed by atoms with Crippen molar-refractivity contribution >= 4 is 17.0 Å². The Kier molecular flexibility index (Phi) is 7.18. The predicted molar refractivity (Wildman–Crippen MR) is 150 cm³/mol. The zero-order chi connectivity index (χ0) is 29.2. The molecule has 0 aliphatic rings. The SMILES string of the molecule is Cc1ccc(COc2cccc(-c3ccc(Cc4nc5ccc(C(=O)O)cc5n4Cc4ncco4)c(F)c3)n2)c(F)c1. The van der Waals surface area contributed by atoms with Gasteiger partial charge in [-0.05, 0) is 54.4 Å². The van der Waals surface area contributed by atoms with Crippen molar-refractivity contribution in [1.29, 1.82) is 0 Å². The van der Waals surface area contributed by atoms with Crippen molar-refractivity contribution in [3.05, 3.63) is 131 Å². The van der Waals surface area contributed by atoms with E-state index in [1.165, 1.54) is 36.7 Å². The molecule has 1 N–H and O–H groups in total. The van der Waals surface area contributed by atoms with Gasteiger partial charge in [-0.15, -0.1) is 0 Å². The summed E-state index contributed by atoms with van der Waals surface area (Å²) in [6, 6.07) is 19.5. The number of halogens is 2. The molecule has 3 heterocycles. The van der Waals surface area contributed by atoms with E-state index >= 15 is 4.39 Å². The fourth-order valence-corrected chi connectivity index (χ4v) is 4.68. The number of aryl methyl sites for hydroxylation is 1. The van der Waals surface area contributed by atoms with E-state index in [9.17, 15) is 14.3 Å². The zero-order valence-corrected chi connectivity index (χ0v) is 22.4. The minimum Gasteiger partial charge on any atom is -0.478 e. The molecule has 0 unspecified atom stereocenters. The molecular weight excluding hydrogens is 542 g/mol. The minimum absolute atomic E-state index is 0.0123. The summed E-state index contributed by atoms with van der Waals surface area (Å²) in [6.07, 6.45) is 3.11. The molecule has 6 aromatic rings. The number of carboxylic acids is 1. The number of carbonyl (C=O) groups is 1. The van der Waals surface area contributed by atoms with E-state index in [0.717, 1.165) is 5.56 Å². The Morgan fingerprint density at radius 2 is 1.81 bits per heavy atom. The number of pyridine rings is 1. The van der Waals surface area contributed by atoms with Crippen LogP contribution < -0.4 is 4.74 Å². The first-order valence-electron chi connectivity index (χ1n) is 13.1. The molecule has 3 aromatic heterocycles. The Bertz CT molecular complexity index is 1920. The molecule has 0 aliphatic heterocycles. The van der Waals surface area contributed by atoms with E-state index in [1.807, 2.05) is 13.0 Å². The normalized spacial score (nSPS) is 11.2. The smallest absolute Gasteiger partial charge is 0.335 e. The van der Waals surface area contributed by atoms with Gasteiger partial charge in [0.15, 0.2) is 0 Å². The maximum atomic E-state index is 15.5. The molecule has 210 valence electrons. The number of oxazole rings is 1. The van der Waals surface area contributed by atoms with Gasteiger partial charge in [-0.2, -0.15) is 0 Å². The number of hydrogen-bond donors (Lipinski definition) is 1. The molecule has 0 atom stereocenters. The van der Waals surface area contributed by atoms with Crippen LogP contribution in [0.5, 0.6) is 5.88 Å². The van der Waals surface area contributed by atoms with Gasteiger partial charge in [0, 0.05) is 23.6 Å². The topological polar surface area (TPSA) is 103 Å². The van der Waals surface area contributed by atoms with Crippen molar-refractivity contribution in [2.75, 3.05) is 0 Å². The summed E-state index contributed by atoms with van der Waals surface area (Å²) in [4.78, 5) is 24.9. The van der Waals surface area contributed by atoms with Crippen LogP contribution in [0.25, 0.3) is 22.3 Å². The summed E-state index contributed by atoms with van der Waals surface area (Å²) in [6.45, 7) is 2.03. The standard InChI is InChI=1S/C32H24F2N4O4/c1-19-5-6-23(24(33)13-19)18-42-30-4-2-3-26(37-30)21-8-7-20(25(34)14-21)16-29-36-27-10-9-22(32(39)40)15-28(27)38(29)17-31-35-11-12-41-31/h2-15H,16-18H2,1H3,(H,39,40). The molecule has 42 heavy (non-hydrogen) atoms. The molecule has 6 rings (SSSR count). The van der Waals surface area contributed by atoms with Crippen molar-refractivity contribution in [2.45, 2.75) is 26.5 Å². The number of fused-ring (bicyclic) bond motifs is 1. The lowest BCUT2D eigenvalue weighted by Gasteiger charge is -2.10. The Morgan fingerprint density at radius 3 is 2.57 bits per heavy atom. The molecular formula is C32H24F2N4O4. The van der Waals surface area contributed by atoms with Gasteiger partial charge < -0.3 is 18.8 Å². The third kappa shape index (κ3) is 5.60. The van der Waals surface area contributed by atoms with Gasteiger partial charge in [-0.3, -0.25) is 0 Å². The van der Waals surface area contributed by atoms with Gasteiger partial charge in [0.2, 0.25) is 11.8 Å². The van der Waals surface area contributed by atoms with Crippen LogP contribution in [-0.2, 0) is 19.6 Å². The highest BCUT2D eigenvalue weighted by atomic mass is 19.1. The Morgan fingerprint density at radius 1 is 0.976 bits per heavy atom. The monoisotopic (exact) mass is 566 g/mol. The minimum atomic E-state index is -1.06. The molecule has 0 amide bonds. The molecule has 3 aromatic carbocycles. The lowest BCUT2D eigenvalue weighted by Crippen LogP contribution is -2.07. The van der Waals surface area contributed by atoms with E-state index in [1.54, 1.807) is 47.0 Å². The third-order valence-corrected chi connectivity index (χ3v) is 6.86. The van der Waals surface area contributed by atoms with Gasteiger partial charge in [0.05, 0.1) is 28.5 Å². The summed E-state index contributed by atoms with van der Waals surface area (Å²) in [5.41, 5.74) is 3.93. The van der Waals surface area contributed by atoms with E-state index in [-0.39, 0.29) is 36.8 Å². The summed E-state index contributed by atoms with van der Waals surface area (Å²) < 4.78 is 42.5. The number of aromatic nitrogens is 4. The third-order valence-electron chi connectivity index (χ3n) is 6.86. The van der Waals surface area contributed by atoms with Crippen molar-refractivity contribution in [2.24, 2.45) is 0 Å². The van der Waals surface area contributed by atoms with Crippen LogP contribution in [0.4, 0.5) is 8.78 Å². The van der Waals surface area contributed by atoms with Crippen LogP contribution in [0.3, 0.4) is 0 Å². The van der Waals surface area contributed by atoms with Crippen LogP contribution >= 0.6 is 0 Å². The van der Waals surface area contributed by atoms with Crippen molar-refractivity contribution in [1.82, 2.24) is 19.5 Å². The Balaban J connectivity index is 1.26. The average molecular weight is 567 g/mol. The lowest BCUT2D eigenvalue weighted by molar-refractivity contribution is 0.0697. The van der Waals surface area contributed by atoms with Gasteiger partial charge in [-0.25, -0.2) is 28.5 Å². The predicted octanol–water partition coefficient (Wildman–Crippen LogP) is 6.59. The second kappa shape index (κ2) is 11.2. The van der Waals surface area contributed by atoms with E-state index in [4.69, 9.17) is 9.15 Å². The highest BCUT2D eigenvalue weighted by molar-refractivity contribution is 5.92. The van der Waals surface area contributed by atoms with Crippen LogP contribution in [0, 0.1) is 18.6 Å². The first-order valence-corrected chi connectivity index (χ1v) is 13.1. The number of carboxylic acid groups (broad SMARTS) is 1. The highest BCUT2D eigenvalue weighted by Crippen LogP contribution is 2.26. The quantitative estimate of drug-likeness (QED) is 0.211. The van der Waals surface area contributed by atoms with Crippen LogP contribution in [0.1, 0.15) is 38.8 Å². The molecule has 0 radical (unpaired) electrons. The Labute approximate surface area is 238 Å². The maximum absolute atomic E-state index is 15.5. The van der Waals surface area contributed by atoms with Crippen LogP contribution in [0.15, 0.2) is 89.7 Å². The number of rotatable bonds is 9. The molecule has 8 nitrogen and oxygen atoms in total. The number of imidazole rings is 1. The highest BCUT2D eigenvalue weighted by Gasteiger charge is 2.18. The second-order valence-corrected chi connectivity index (χ2v) is 9.78. The molecule has 0 bridgehead atoms. The number of aromatic carboxylic acids is 1. The summed E-state index contributed by atoms with van der Waals surface area (Å²) in [7, 11) is 0. The average Bonchev–Trinajstić information content (AvgIpc) is 3.61.